The van der Waals surface area contributed by atoms with Crippen molar-refractivity contribution in [3.05, 3.63) is 31.6 Å². The van der Waals surface area contributed by atoms with Gasteiger partial charge in [0.1, 0.15) is 5.15 Å². The van der Waals surface area contributed by atoms with E-state index in [0.717, 1.165) is 4.57 Å². The Bertz CT molecular complexity index is 419. The number of H-pyrrole nitrogens is 1. The van der Waals surface area contributed by atoms with Gasteiger partial charge in [0.25, 0.3) is 5.56 Å². The van der Waals surface area contributed by atoms with Crippen LogP contribution in [0.5, 0.6) is 0 Å². The van der Waals surface area contributed by atoms with Crippen molar-refractivity contribution in [2.24, 2.45) is 0 Å². The fraction of sp³-hybridized carbons (Fsp3) is 0.500. The summed E-state index contributed by atoms with van der Waals surface area (Å²) in [6, 6.07) is 0. The molecule has 0 atom stereocenters. The molecule has 0 fully saturated rings. The molecule has 0 aliphatic carbocycles. The SMILES string of the molecule is CCc1c(Cl)[nH]c(=O)n(CC)c1=O. The standard InChI is InChI=1S/C8H11ClN2O2/c1-3-5-6(9)10-8(13)11(4-2)7(5)12/h3-4H2,1-2H3,(H,10,13). The number of hydrogen-bond acceptors (Lipinski definition) is 2. The van der Waals surface area contributed by atoms with E-state index in [-0.39, 0.29) is 10.7 Å². The van der Waals surface area contributed by atoms with Crippen LogP contribution in [0.2, 0.25) is 5.15 Å². The van der Waals surface area contributed by atoms with Crippen molar-refractivity contribution < 1.29 is 0 Å². The summed E-state index contributed by atoms with van der Waals surface area (Å²) in [4.78, 5) is 25.1. The molecule has 4 nitrogen and oxygen atoms in total. The summed E-state index contributed by atoms with van der Waals surface area (Å²) in [5.41, 5.74) is -0.281. The lowest BCUT2D eigenvalue weighted by molar-refractivity contribution is 0.662. The average molecular weight is 203 g/mol. The zero-order chi connectivity index (χ0) is 10.0. The second-order valence-electron chi connectivity index (χ2n) is 2.63. The largest absolute Gasteiger partial charge is 0.329 e. The van der Waals surface area contributed by atoms with Crippen LogP contribution in [0.4, 0.5) is 0 Å². The zero-order valence-corrected chi connectivity index (χ0v) is 8.31. The lowest BCUT2D eigenvalue weighted by atomic mass is 10.2. The highest BCUT2D eigenvalue weighted by Gasteiger charge is 2.08. The number of nitrogens with zero attached hydrogens (tertiary/aromatic N) is 1. The molecule has 1 aromatic rings. The summed E-state index contributed by atoms with van der Waals surface area (Å²) in [6.07, 6.45) is 0.522. The van der Waals surface area contributed by atoms with Crippen molar-refractivity contribution in [1.82, 2.24) is 9.55 Å². The smallest absolute Gasteiger partial charge is 0.297 e. The first kappa shape index (κ1) is 10.1. The Hall–Kier alpha value is -1.03. The van der Waals surface area contributed by atoms with Gasteiger partial charge in [0, 0.05) is 6.54 Å². The predicted molar refractivity (Wildman–Crippen MR) is 51.4 cm³/mol. The maximum absolute atomic E-state index is 11.5. The van der Waals surface area contributed by atoms with Crippen LogP contribution in [0.25, 0.3) is 0 Å². The van der Waals surface area contributed by atoms with Crippen LogP contribution >= 0.6 is 11.6 Å². The highest BCUT2D eigenvalue weighted by atomic mass is 35.5. The number of hydrogen-bond donors (Lipinski definition) is 1. The highest BCUT2D eigenvalue weighted by Crippen LogP contribution is 2.05. The van der Waals surface area contributed by atoms with Crippen LogP contribution in [0, 0.1) is 0 Å². The third-order valence-corrected chi connectivity index (χ3v) is 2.22. The first-order valence-electron chi connectivity index (χ1n) is 4.13. The summed E-state index contributed by atoms with van der Waals surface area (Å²) < 4.78 is 1.13. The first-order valence-corrected chi connectivity index (χ1v) is 4.51. The quantitative estimate of drug-likeness (QED) is 0.721. The molecule has 1 N–H and O–H groups in total. The number of aromatic amines is 1. The summed E-state index contributed by atoms with van der Waals surface area (Å²) in [6.45, 7) is 3.92. The van der Waals surface area contributed by atoms with Gasteiger partial charge < -0.3 is 0 Å². The van der Waals surface area contributed by atoms with E-state index in [0.29, 0.717) is 18.5 Å². The summed E-state index contributed by atoms with van der Waals surface area (Å²) >= 11 is 5.69. The van der Waals surface area contributed by atoms with Gasteiger partial charge in [-0.25, -0.2) is 4.79 Å². The summed E-state index contributed by atoms with van der Waals surface area (Å²) in [5, 5.41) is 0.155. The molecule has 0 unspecified atom stereocenters. The Morgan fingerprint density at radius 3 is 2.46 bits per heavy atom. The Morgan fingerprint density at radius 1 is 1.38 bits per heavy atom. The molecule has 0 saturated carbocycles. The molecule has 1 rings (SSSR count). The molecule has 0 spiro atoms. The maximum Gasteiger partial charge on any atom is 0.329 e. The Labute approximate surface area is 80.2 Å². The van der Waals surface area contributed by atoms with E-state index in [1.54, 1.807) is 6.92 Å². The molecule has 0 amide bonds. The first-order chi connectivity index (χ1) is 6.11. The molecule has 0 aliphatic rings. The normalized spacial score (nSPS) is 10.4. The minimum atomic E-state index is -0.449. The van der Waals surface area contributed by atoms with Crippen LogP contribution in [-0.2, 0) is 13.0 Å². The van der Waals surface area contributed by atoms with Gasteiger partial charge in [-0.05, 0) is 13.3 Å². The molecule has 1 aromatic heterocycles. The van der Waals surface area contributed by atoms with Crippen molar-refractivity contribution in [1.29, 1.82) is 0 Å². The van der Waals surface area contributed by atoms with E-state index in [4.69, 9.17) is 11.6 Å². The predicted octanol–water partition coefficient (Wildman–Crippen LogP) is 0.772. The van der Waals surface area contributed by atoms with Crippen LogP contribution in [0.15, 0.2) is 9.59 Å². The second-order valence-corrected chi connectivity index (χ2v) is 3.00. The second kappa shape index (κ2) is 3.79. The van der Waals surface area contributed by atoms with Crippen LogP contribution < -0.4 is 11.2 Å². The summed E-state index contributed by atoms with van der Waals surface area (Å²) in [5.74, 6) is 0. The monoisotopic (exact) mass is 202 g/mol. The lowest BCUT2D eigenvalue weighted by Gasteiger charge is -2.04. The molecule has 0 radical (unpaired) electrons. The van der Waals surface area contributed by atoms with Gasteiger partial charge in [0.2, 0.25) is 0 Å². The van der Waals surface area contributed by atoms with Crippen molar-refractivity contribution >= 4 is 11.6 Å². The molecule has 5 heteroatoms. The molecule has 13 heavy (non-hydrogen) atoms. The van der Waals surface area contributed by atoms with E-state index in [9.17, 15) is 9.59 Å². The zero-order valence-electron chi connectivity index (χ0n) is 7.56. The topological polar surface area (TPSA) is 54.9 Å². The third-order valence-electron chi connectivity index (χ3n) is 1.90. The van der Waals surface area contributed by atoms with Crippen LogP contribution in [-0.4, -0.2) is 9.55 Å². The lowest BCUT2D eigenvalue weighted by Crippen LogP contribution is -2.36. The highest BCUT2D eigenvalue weighted by molar-refractivity contribution is 6.30. The van der Waals surface area contributed by atoms with Crippen molar-refractivity contribution in [3.8, 4) is 0 Å². The number of aromatic nitrogens is 2. The van der Waals surface area contributed by atoms with Crippen molar-refractivity contribution in [2.75, 3.05) is 0 Å². The average Bonchev–Trinajstić information content (AvgIpc) is 2.04. The number of nitrogens with one attached hydrogen (secondary N) is 1. The third kappa shape index (κ3) is 1.67. The van der Waals surface area contributed by atoms with Crippen LogP contribution in [0.1, 0.15) is 19.4 Å². The summed E-state index contributed by atoms with van der Waals surface area (Å²) in [7, 11) is 0. The van der Waals surface area contributed by atoms with Crippen LogP contribution in [0.3, 0.4) is 0 Å². The van der Waals surface area contributed by atoms with E-state index in [2.05, 4.69) is 4.98 Å². The molecule has 0 saturated heterocycles. The Balaban J connectivity index is 3.59. The maximum atomic E-state index is 11.5. The fourth-order valence-electron chi connectivity index (χ4n) is 1.18. The van der Waals surface area contributed by atoms with Gasteiger partial charge in [-0.1, -0.05) is 18.5 Å². The number of rotatable bonds is 2. The van der Waals surface area contributed by atoms with E-state index >= 15 is 0 Å². The minimum Gasteiger partial charge on any atom is -0.297 e. The molecule has 0 aromatic carbocycles. The van der Waals surface area contributed by atoms with Gasteiger partial charge >= 0.3 is 5.69 Å². The molecule has 0 bridgehead atoms. The molecular weight excluding hydrogens is 192 g/mol. The van der Waals surface area contributed by atoms with Gasteiger partial charge in [0.15, 0.2) is 0 Å². The fourth-order valence-corrected chi connectivity index (χ4v) is 1.47. The Morgan fingerprint density at radius 2 is 2.00 bits per heavy atom. The van der Waals surface area contributed by atoms with Gasteiger partial charge in [-0.3, -0.25) is 14.3 Å². The number of halogens is 1. The minimum absolute atomic E-state index is 0.155. The van der Waals surface area contributed by atoms with E-state index < -0.39 is 5.69 Å². The van der Waals surface area contributed by atoms with Crippen molar-refractivity contribution in [3.63, 3.8) is 0 Å². The van der Waals surface area contributed by atoms with Gasteiger partial charge in [0.05, 0.1) is 5.56 Å². The van der Waals surface area contributed by atoms with Gasteiger partial charge in [-0.2, -0.15) is 0 Å². The molecule has 72 valence electrons. The van der Waals surface area contributed by atoms with E-state index in [1.807, 2.05) is 6.92 Å². The van der Waals surface area contributed by atoms with E-state index in [1.165, 1.54) is 0 Å². The van der Waals surface area contributed by atoms with Crippen molar-refractivity contribution in [2.45, 2.75) is 26.8 Å². The van der Waals surface area contributed by atoms with Gasteiger partial charge in [-0.15, -0.1) is 0 Å². The molecule has 0 aliphatic heterocycles. The molecule has 1 heterocycles. The molecular formula is C8H11ClN2O2. The Kier molecular flexibility index (Phi) is 2.93.